The van der Waals surface area contributed by atoms with Crippen molar-refractivity contribution in [2.75, 3.05) is 13.2 Å². The van der Waals surface area contributed by atoms with Crippen molar-refractivity contribution in [3.05, 3.63) is 47.4 Å². The highest BCUT2D eigenvalue weighted by atomic mass is 19.1. The summed E-state index contributed by atoms with van der Waals surface area (Å²) in [4.78, 5) is 12.0. The zero-order valence-electron chi connectivity index (χ0n) is 19.3. The number of esters is 1. The van der Waals surface area contributed by atoms with E-state index in [1.54, 1.807) is 25.1 Å². The topological polar surface area (TPSA) is 84.7 Å². The number of carbonyl (C=O) groups excluding carboxylic acids is 1. The van der Waals surface area contributed by atoms with E-state index in [0.717, 1.165) is 0 Å². The number of hydrogen-bond acceptors (Lipinski definition) is 7. The maximum Gasteiger partial charge on any atom is 0.525 e. The Bertz CT molecular complexity index is 989. The highest BCUT2D eigenvalue weighted by Crippen LogP contribution is 2.41. The van der Waals surface area contributed by atoms with E-state index in [4.69, 9.17) is 18.8 Å². The molecule has 32 heavy (non-hydrogen) atoms. The Morgan fingerprint density at radius 1 is 1.12 bits per heavy atom. The van der Waals surface area contributed by atoms with Crippen LogP contribution in [-0.2, 0) is 20.6 Å². The molecule has 0 atom stereocenters. The predicted octanol–water partition coefficient (Wildman–Crippen LogP) is 3.87. The smallest absolute Gasteiger partial charge is 0.493 e. The van der Waals surface area contributed by atoms with E-state index in [-0.39, 0.29) is 24.4 Å². The highest BCUT2D eigenvalue weighted by molar-refractivity contribution is 6.55. The van der Waals surface area contributed by atoms with Gasteiger partial charge in [0.15, 0.2) is 5.69 Å². The maximum atomic E-state index is 16.0. The molecule has 8 nitrogen and oxygen atoms in total. The third-order valence-electron chi connectivity index (χ3n) is 5.60. The molecule has 2 aromatic rings. The van der Waals surface area contributed by atoms with Gasteiger partial charge in [-0.05, 0) is 47.6 Å². The summed E-state index contributed by atoms with van der Waals surface area (Å²) in [5.74, 6) is -0.0761. The fraction of sp³-hybridized carbons (Fsp3) is 0.500. The molecule has 0 amide bonds. The Hall–Kier alpha value is -2.72. The number of halogens is 1. The Balaban J connectivity index is 2.03. The second-order valence-corrected chi connectivity index (χ2v) is 8.37. The van der Waals surface area contributed by atoms with Crippen molar-refractivity contribution < 1.29 is 28.0 Å². The Labute approximate surface area is 187 Å². The lowest BCUT2D eigenvalue weighted by Gasteiger charge is -2.32. The summed E-state index contributed by atoms with van der Waals surface area (Å²) in [5, 5.41) is 7.81. The molecule has 172 valence electrons. The van der Waals surface area contributed by atoms with Crippen LogP contribution in [0.2, 0.25) is 0 Å². The average Bonchev–Trinajstić information content (AvgIpc) is 3.28. The van der Waals surface area contributed by atoms with Gasteiger partial charge in [0.1, 0.15) is 11.5 Å². The first-order valence-electron chi connectivity index (χ1n) is 10.6. The summed E-state index contributed by atoms with van der Waals surface area (Å²) in [5.41, 5.74) is -1.17. The molecule has 3 rings (SSSR count). The molecule has 0 bridgehead atoms. The van der Waals surface area contributed by atoms with E-state index in [0.29, 0.717) is 17.9 Å². The molecule has 1 saturated heterocycles. The number of nitrogens with zero attached hydrogens (tertiary/aromatic N) is 3. The van der Waals surface area contributed by atoms with Gasteiger partial charge in [-0.3, -0.25) is 0 Å². The molecule has 1 aliphatic rings. The molecule has 0 N–H and O–H groups in total. The van der Waals surface area contributed by atoms with Gasteiger partial charge >= 0.3 is 13.1 Å². The van der Waals surface area contributed by atoms with Crippen molar-refractivity contribution in [3.8, 4) is 5.75 Å². The van der Waals surface area contributed by atoms with Gasteiger partial charge in [0.05, 0.1) is 37.2 Å². The van der Waals surface area contributed by atoms with E-state index in [2.05, 4.69) is 10.3 Å². The Morgan fingerprint density at radius 3 is 2.41 bits per heavy atom. The van der Waals surface area contributed by atoms with Gasteiger partial charge in [0, 0.05) is 11.1 Å². The molecule has 10 heteroatoms. The van der Waals surface area contributed by atoms with E-state index in [1.165, 1.54) is 10.9 Å². The number of carbonyl (C=O) groups is 1. The SMILES string of the molecule is CCOC(=O)c1cn(CC(=C(F)B2OC(C)(C)C(C)(C)O2)c2ccccc2OCC)nn1. The molecule has 0 aliphatic carbocycles. The van der Waals surface area contributed by atoms with Crippen molar-refractivity contribution in [2.24, 2.45) is 0 Å². The zero-order valence-corrected chi connectivity index (χ0v) is 19.3. The van der Waals surface area contributed by atoms with Gasteiger partial charge in [-0.1, -0.05) is 23.4 Å². The van der Waals surface area contributed by atoms with Crippen molar-refractivity contribution in [2.45, 2.75) is 59.3 Å². The normalized spacial score (nSPS) is 17.8. The number of aromatic nitrogens is 3. The fourth-order valence-corrected chi connectivity index (χ4v) is 3.21. The molecule has 0 radical (unpaired) electrons. The Morgan fingerprint density at radius 2 is 1.78 bits per heavy atom. The minimum Gasteiger partial charge on any atom is -0.493 e. The molecule has 1 aromatic heterocycles. The number of ether oxygens (including phenoxy) is 2. The van der Waals surface area contributed by atoms with Crippen molar-refractivity contribution in [3.63, 3.8) is 0 Å². The second kappa shape index (κ2) is 9.42. The largest absolute Gasteiger partial charge is 0.525 e. The van der Waals surface area contributed by atoms with Gasteiger partial charge in [-0.2, -0.15) is 0 Å². The third-order valence-corrected chi connectivity index (χ3v) is 5.60. The van der Waals surface area contributed by atoms with Crippen LogP contribution in [0.5, 0.6) is 5.75 Å². The van der Waals surface area contributed by atoms with Crippen LogP contribution in [0.1, 0.15) is 57.6 Å². The van der Waals surface area contributed by atoms with Crippen LogP contribution in [0.4, 0.5) is 4.39 Å². The van der Waals surface area contributed by atoms with Gasteiger partial charge in [-0.15, -0.1) is 5.10 Å². The van der Waals surface area contributed by atoms with Gasteiger partial charge in [0.25, 0.3) is 0 Å². The first kappa shape index (κ1) is 23.9. The average molecular weight is 445 g/mol. The lowest BCUT2D eigenvalue weighted by molar-refractivity contribution is 0.00578. The first-order valence-corrected chi connectivity index (χ1v) is 10.6. The summed E-state index contributed by atoms with van der Waals surface area (Å²) in [6.45, 7) is 11.6. The molecule has 0 spiro atoms. The van der Waals surface area contributed by atoms with Crippen LogP contribution in [0.3, 0.4) is 0 Å². The Kier molecular flexibility index (Phi) is 7.05. The standard InChI is InChI=1S/C22H29BFN3O5/c1-7-29-18-12-10-9-11-15(18)16(13-27-14-17(25-26-27)20(28)30-8-2)19(24)23-31-21(3,4)22(5,6)32-23/h9-12,14H,7-8,13H2,1-6H3. The molecular formula is C22H29BFN3O5. The fourth-order valence-electron chi connectivity index (χ4n) is 3.21. The lowest BCUT2D eigenvalue weighted by atomic mass is 9.82. The molecule has 1 aliphatic heterocycles. The molecule has 2 heterocycles. The lowest BCUT2D eigenvalue weighted by Crippen LogP contribution is -2.41. The molecule has 1 aromatic carbocycles. The van der Waals surface area contributed by atoms with Gasteiger partial charge in [0.2, 0.25) is 0 Å². The van der Waals surface area contributed by atoms with Crippen LogP contribution in [0.25, 0.3) is 5.57 Å². The van der Waals surface area contributed by atoms with Crippen molar-refractivity contribution >= 4 is 18.7 Å². The van der Waals surface area contributed by atoms with E-state index in [9.17, 15) is 4.79 Å². The number of para-hydroxylation sites is 1. The monoisotopic (exact) mass is 445 g/mol. The molecule has 0 unspecified atom stereocenters. The maximum absolute atomic E-state index is 16.0. The summed E-state index contributed by atoms with van der Waals surface area (Å²) in [6.07, 6.45) is 1.42. The minimum atomic E-state index is -1.20. The third kappa shape index (κ3) is 4.86. The van der Waals surface area contributed by atoms with E-state index >= 15 is 4.39 Å². The quantitative estimate of drug-likeness (QED) is 0.451. The summed E-state index contributed by atoms with van der Waals surface area (Å²) < 4.78 is 39.9. The first-order chi connectivity index (χ1) is 15.1. The summed E-state index contributed by atoms with van der Waals surface area (Å²) >= 11 is 0. The number of benzene rings is 1. The number of hydrogen-bond donors (Lipinski definition) is 0. The molecular weight excluding hydrogens is 416 g/mol. The van der Waals surface area contributed by atoms with Gasteiger partial charge in [-0.25, -0.2) is 13.9 Å². The number of rotatable bonds is 8. The van der Waals surface area contributed by atoms with Crippen molar-refractivity contribution in [1.29, 1.82) is 0 Å². The van der Waals surface area contributed by atoms with Crippen molar-refractivity contribution in [1.82, 2.24) is 15.0 Å². The zero-order chi connectivity index (χ0) is 23.5. The summed E-state index contributed by atoms with van der Waals surface area (Å²) in [6, 6.07) is 7.13. The van der Waals surface area contributed by atoms with Crippen LogP contribution in [0, 0.1) is 0 Å². The summed E-state index contributed by atoms with van der Waals surface area (Å²) in [7, 11) is -1.20. The van der Waals surface area contributed by atoms with Crippen LogP contribution in [0.15, 0.2) is 36.2 Å². The second-order valence-electron chi connectivity index (χ2n) is 8.37. The van der Waals surface area contributed by atoms with Crippen LogP contribution in [-0.4, -0.2) is 52.5 Å². The minimum absolute atomic E-state index is 0.0214. The molecule has 0 saturated carbocycles. The van der Waals surface area contributed by atoms with Crippen LogP contribution >= 0.6 is 0 Å². The highest BCUT2D eigenvalue weighted by Gasteiger charge is 2.53. The van der Waals surface area contributed by atoms with Gasteiger partial charge < -0.3 is 18.8 Å². The van der Waals surface area contributed by atoms with E-state index in [1.807, 2.05) is 40.7 Å². The number of allylic oxidation sites excluding steroid dienone is 1. The predicted molar refractivity (Wildman–Crippen MR) is 118 cm³/mol. The van der Waals surface area contributed by atoms with E-state index < -0.39 is 30.0 Å². The van der Waals surface area contributed by atoms with Crippen LogP contribution < -0.4 is 4.74 Å². The molecule has 1 fully saturated rings.